The number of rotatable bonds is 6. The first-order valence-electron chi connectivity index (χ1n) is 11.3. The van der Waals surface area contributed by atoms with Gasteiger partial charge in [0.05, 0.1) is 5.69 Å². The molecule has 8 nitrogen and oxygen atoms in total. The van der Waals surface area contributed by atoms with Crippen molar-refractivity contribution in [1.82, 2.24) is 24.4 Å². The van der Waals surface area contributed by atoms with E-state index in [-0.39, 0.29) is 23.9 Å². The Kier molecular flexibility index (Phi) is 6.56. The van der Waals surface area contributed by atoms with Crippen LogP contribution < -0.4 is 10.3 Å². The van der Waals surface area contributed by atoms with E-state index in [0.29, 0.717) is 53.9 Å². The zero-order valence-electron chi connectivity index (χ0n) is 19.2. The maximum atomic E-state index is 13.6. The third-order valence-electron chi connectivity index (χ3n) is 5.92. The van der Waals surface area contributed by atoms with Crippen LogP contribution in [0.5, 0.6) is 5.75 Å². The fourth-order valence-electron chi connectivity index (χ4n) is 4.01. The van der Waals surface area contributed by atoms with Crippen LogP contribution in [0.2, 0.25) is 0 Å². The second-order valence-electron chi connectivity index (χ2n) is 8.41. The van der Waals surface area contributed by atoms with Crippen molar-refractivity contribution in [3.63, 3.8) is 0 Å². The molecule has 4 aromatic rings. The van der Waals surface area contributed by atoms with Gasteiger partial charge in [0.25, 0.3) is 11.5 Å². The number of hydrogen-bond donors (Lipinski definition) is 0. The van der Waals surface area contributed by atoms with Crippen molar-refractivity contribution in [2.45, 2.75) is 13.5 Å². The monoisotopic (exact) mass is 493 g/mol. The number of hydrogen-bond acceptors (Lipinski definition) is 7. The lowest BCUT2D eigenvalue weighted by Crippen LogP contribution is -2.49. The number of ether oxygens (including phenoxy) is 1. The van der Waals surface area contributed by atoms with Gasteiger partial charge >= 0.3 is 0 Å². The number of halogens is 1. The van der Waals surface area contributed by atoms with Crippen molar-refractivity contribution in [2.24, 2.45) is 0 Å². The van der Waals surface area contributed by atoms with Crippen LogP contribution in [0.1, 0.15) is 11.3 Å². The number of carbonyl (C=O) groups excluding carboxylic acids is 1. The Hall–Kier alpha value is -3.63. The van der Waals surface area contributed by atoms with Crippen LogP contribution in [0.15, 0.2) is 59.4 Å². The summed E-state index contributed by atoms with van der Waals surface area (Å²) in [7, 11) is 0. The van der Waals surface area contributed by atoms with Crippen molar-refractivity contribution in [1.29, 1.82) is 0 Å². The van der Waals surface area contributed by atoms with Gasteiger partial charge in [0, 0.05) is 44.4 Å². The summed E-state index contributed by atoms with van der Waals surface area (Å²) in [4.78, 5) is 34.2. The average Bonchev–Trinajstić information content (AvgIpc) is 3.29. The minimum Gasteiger partial charge on any atom is -0.484 e. The molecule has 0 unspecified atom stereocenters. The Morgan fingerprint density at radius 3 is 2.66 bits per heavy atom. The fraction of sp³-hybridized carbons (Fsp3) is 0.280. The summed E-state index contributed by atoms with van der Waals surface area (Å²) in [6.07, 6.45) is 0. The Morgan fingerprint density at radius 2 is 1.89 bits per heavy atom. The van der Waals surface area contributed by atoms with Crippen molar-refractivity contribution >= 4 is 22.2 Å². The van der Waals surface area contributed by atoms with E-state index in [9.17, 15) is 14.0 Å². The van der Waals surface area contributed by atoms with Crippen molar-refractivity contribution in [2.75, 3.05) is 32.8 Å². The highest BCUT2D eigenvalue weighted by Gasteiger charge is 2.22. The zero-order valence-corrected chi connectivity index (χ0v) is 20.0. The highest BCUT2D eigenvalue weighted by molar-refractivity contribution is 7.19. The summed E-state index contributed by atoms with van der Waals surface area (Å²) >= 11 is 1.25. The summed E-state index contributed by atoms with van der Waals surface area (Å²) in [6.45, 7) is 4.98. The fourth-order valence-corrected chi connectivity index (χ4v) is 4.93. The summed E-state index contributed by atoms with van der Waals surface area (Å²) < 4.78 is 20.5. The van der Waals surface area contributed by atoms with Gasteiger partial charge in [-0.1, -0.05) is 41.7 Å². The van der Waals surface area contributed by atoms with E-state index < -0.39 is 0 Å². The van der Waals surface area contributed by atoms with Gasteiger partial charge in [-0.3, -0.25) is 14.5 Å². The maximum absolute atomic E-state index is 13.6. The molecule has 1 aliphatic rings. The molecule has 0 radical (unpaired) electrons. The van der Waals surface area contributed by atoms with Gasteiger partial charge in [0.2, 0.25) is 4.96 Å². The van der Waals surface area contributed by atoms with Gasteiger partial charge in [-0.05, 0) is 30.7 Å². The highest BCUT2D eigenvalue weighted by Crippen LogP contribution is 2.25. The lowest BCUT2D eigenvalue weighted by atomic mass is 10.2. The lowest BCUT2D eigenvalue weighted by Gasteiger charge is -2.34. The SMILES string of the molecule is Cc1ccccc1OCC(=O)N1CCN(Cc2cc(=O)n3nc(-c4cccc(F)c4)sc3n2)CC1. The third-order valence-corrected chi connectivity index (χ3v) is 6.88. The molecular formula is C25H24FN5O3S. The van der Waals surface area contributed by atoms with E-state index in [1.807, 2.05) is 31.2 Å². The molecule has 1 aliphatic heterocycles. The molecule has 0 saturated carbocycles. The summed E-state index contributed by atoms with van der Waals surface area (Å²) in [5.41, 5.74) is 1.97. The van der Waals surface area contributed by atoms with Crippen LogP contribution in [0, 0.1) is 12.7 Å². The summed E-state index contributed by atoms with van der Waals surface area (Å²) in [5.74, 6) is 0.318. The Bertz CT molecular complexity index is 1430. The van der Waals surface area contributed by atoms with Crippen molar-refractivity contribution in [3.8, 4) is 16.3 Å². The van der Waals surface area contributed by atoms with Gasteiger partial charge in [-0.25, -0.2) is 9.37 Å². The minimum absolute atomic E-state index is 0.0128. The van der Waals surface area contributed by atoms with Gasteiger partial charge in [-0.2, -0.15) is 9.61 Å². The van der Waals surface area contributed by atoms with Gasteiger partial charge in [0.1, 0.15) is 16.6 Å². The molecule has 0 bridgehead atoms. The average molecular weight is 494 g/mol. The lowest BCUT2D eigenvalue weighted by molar-refractivity contribution is -0.135. The normalized spacial score (nSPS) is 14.4. The number of aromatic nitrogens is 3. The Labute approximate surface area is 205 Å². The predicted octanol–water partition coefficient (Wildman–Crippen LogP) is 2.99. The van der Waals surface area contributed by atoms with E-state index in [0.717, 1.165) is 11.3 Å². The number of piperazine rings is 1. The smallest absolute Gasteiger partial charge is 0.275 e. The number of nitrogens with zero attached hydrogens (tertiary/aromatic N) is 5. The molecule has 1 saturated heterocycles. The molecular weight excluding hydrogens is 469 g/mol. The molecule has 0 aliphatic carbocycles. The standard InChI is InChI=1S/C25H24FN5O3S/c1-17-5-2-3-8-21(17)34-16-23(33)30-11-9-29(10-12-30)15-20-14-22(32)31-25(27-20)35-24(28-31)18-6-4-7-19(26)13-18/h2-8,13-14H,9-12,15-16H2,1H3. The molecule has 10 heteroatoms. The summed E-state index contributed by atoms with van der Waals surface area (Å²) in [6, 6.07) is 15.2. The second-order valence-corrected chi connectivity index (χ2v) is 9.36. The molecule has 2 aromatic carbocycles. The molecule has 5 rings (SSSR count). The quantitative estimate of drug-likeness (QED) is 0.411. The first-order valence-corrected chi connectivity index (χ1v) is 12.1. The molecule has 3 heterocycles. The van der Waals surface area contributed by atoms with Crippen LogP contribution in [0.4, 0.5) is 4.39 Å². The number of fused-ring (bicyclic) bond motifs is 1. The number of amides is 1. The van der Waals surface area contributed by atoms with E-state index in [4.69, 9.17) is 4.74 Å². The van der Waals surface area contributed by atoms with Crippen molar-refractivity contribution in [3.05, 3.63) is 82.0 Å². The number of para-hydroxylation sites is 1. The number of benzene rings is 2. The molecule has 180 valence electrons. The molecule has 35 heavy (non-hydrogen) atoms. The highest BCUT2D eigenvalue weighted by atomic mass is 32.1. The van der Waals surface area contributed by atoms with Crippen LogP contribution in [0.3, 0.4) is 0 Å². The van der Waals surface area contributed by atoms with Gasteiger partial charge in [0.15, 0.2) is 6.61 Å². The largest absolute Gasteiger partial charge is 0.484 e. The van der Waals surface area contributed by atoms with Crippen LogP contribution in [-0.2, 0) is 11.3 Å². The van der Waals surface area contributed by atoms with E-state index in [1.54, 1.807) is 17.0 Å². The summed E-state index contributed by atoms with van der Waals surface area (Å²) in [5, 5.41) is 4.84. The molecule has 0 atom stereocenters. The molecule has 2 aromatic heterocycles. The van der Waals surface area contributed by atoms with Gasteiger partial charge in [-0.15, -0.1) is 0 Å². The number of carbonyl (C=O) groups is 1. The predicted molar refractivity (Wildman–Crippen MR) is 131 cm³/mol. The van der Waals surface area contributed by atoms with E-state index in [1.165, 1.54) is 34.1 Å². The van der Waals surface area contributed by atoms with Crippen LogP contribution in [0.25, 0.3) is 15.5 Å². The topological polar surface area (TPSA) is 80.0 Å². The Morgan fingerprint density at radius 1 is 1.09 bits per heavy atom. The zero-order chi connectivity index (χ0) is 24.4. The Balaban J connectivity index is 1.20. The number of aryl methyl sites for hydroxylation is 1. The van der Waals surface area contributed by atoms with Crippen LogP contribution in [-0.4, -0.2) is 63.1 Å². The molecule has 0 spiro atoms. The van der Waals surface area contributed by atoms with Gasteiger partial charge < -0.3 is 9.64 Å². The molecule has 1 amide bonds. The minimum atomic E-state index is -0.359. The molecule has 0 N–H and O–H groups in total. The van der Waals surface area contributed by atoms with Crippen LogP contribution >= 0.6 is 11.3 Å². The first kappa shape index (κ1) is 23.1. The van der Waals surface area contributed by atoms with E-state index in [2.05, 4.69) is 15.0 Å². The first-order chi connectivity index (χ1) is 17.0. The second kappa shape index (κ2) is 9.93. The van der Waals surface area contributed by atoms with E-state index >= 15 is 0 Å². The maximum Gasteiger partial charge on any atom is 0.275 e. The molecule has 1 fully saturated rings. The third kappa shape index (κ3) is 5.23. The van der Waals surface area contributed by atoms with Crippen molar-refractivity contribution < 1.29 is 13.9 Å².